The minimum absolute atomic E-state index is 0. The average molecular weight is 1020 g/mol. The third-order valence-corrected chi connectivity index (χ3v) is 12.9. The monoisotopic (exact) mass is 1020 g/mol. The van der Waals surface area contributed by atoms with Crippen molar-refractivity contribution in [3.05, 3.63) is 64.4 Å². The Hall–Kier alpha value is -4.19. The highest BCUT2D eigenvalue weighted by molar-refractivity contribution is 7.92. The molecule has 3 aliphatic heterocycles. The number of morpholine rings is 2. The molecule has 0 spiro atoms. The minimum Gasteiger partial charge on any atom is -0.399 e. The second-order valence-electron chi connectivity index (χ2n) is 17.6. The molecule has 9 heterocycles. The van der Waals surface area contributed by atoms with E-state index in [1.54, 1.807) is 55.5 Å². The molecule has 67 heavy (non-hydrogen) atoms. The molecule has 2 N–H and O–H groups in total. The summed E-state index contributed by atoms with van der Waals surface area (Å²) in [4.78, 5) is 36.4. The van der Waals surface area contributed by atoms with Gasteiger partial charge in [-0.2, -0.15) is 13.7 Å². The van der Waals surface area contributed by atoms with E-state index in [2.05, 4.69) is 67.3 Å². The van der Waals surface area contributed by atoms with E-state index in [4.69, 9.17) is 58.6 Å². The number of nitrogens with one attached hydrogen (secondary N) is 2. The Balaban J connectivity index is 0.000000170. The first-order valence-corrected chi connectivity index (χ1v) is 26.8. The van der Waals surface area contributed by atoms with Crippen LogP contribution in [0.4, 0.5) is 23.3 Å². The number of H-pyrrole nitrogens is 2. The predicted molar refractivity (Wildman–Crippen MR) is 272 cm³/mol. The summed E-state index contributed by atoms with van der Waals surface area (Å²) in [6, 6.07) is 11.2. The molecule has 0 unspecified atom stereocenters. The van der Waals surface area contributed by atoms with Crippen LogP contribution in [-0.2, 0) is 38.2 Å². The van der Waals surface area contributed by atoms with Gasteiger partial charge in [-0.15, -0.1) is 0 Å². The predicted octanol–water partition coefficient (Wildman–Crippen LogP) is 8.12. The Morgan fingerprint density at radius 2 is 1.16 bits per heavy atom. The smallest absolute Gasteiger partial charge is 0.399 e. The first-order chi connectivity index (χ1) is 30.9. The van der Waals surface area contributed by atoms with Crippen molar-refractivity contribution in [1.29, 1.82) is 0 Å². The lowest BCUT2D eigenvalue weighted by Gasteiger charge is -2.34. The van der Waals surface area contributed by atoms with Crippen LogP contribution < -0.4 is 15.3 Å². The van der Waals surface area contributed by atoms with Crippen LogP contribution in [0.3, 0.4) is 0 Å². The van der Waals surface area contributed by atoms with Gasteiger partial charge in [-0.3, -0.25) is 0 Å². The summed E-state index contributed by atoms with van der Waals surface area (Å²) in [5.74, 6) is 2.61. The van der Waals surface area contributed by atoms with Crippen LogP contribution >= 0.6 is 34.8 Å². The maximum Gasteiger partial charge on any atom is 0.495 e. The number of aromatic nitrogens is 8. The molecule has 18 nitrogen and oxygen atoms in total. The molecule has 9 rings (SSSR count). The van der Waals surface area contributed by atoms with E-state index < -0.39 is 26.6 Å². The molecule has 6 aromatic rings. The molecular formula is C43H58BCl3N12O6S2. The number of fused-ring (bicyclic) bond motifs is 2. The van der Waals surface area contributed by atoms with Gasteiger partial charge in [0.25, 0.3) is 0 Å². The second-order valence-corrected chi connectivity index (χ2v) is 23.8. The van der Waals surface area contributed by atoms with Gasteiger partial charge in [0.1, 0.15) is 33.2 Å². The van der Waals surface area contributed by atoms with Crippen molar-refractivity contribution in [2.24, 2.45) is 8.73 Å². The number of pyridine rings is 2. The molecule has 3 aliphatic rings. The van der Waals surface area contributed by atoms with Gasteiger partial charge in [-0.05, 0) is 82.9 Å². The number of rotatable bonds is 6. The summed E-state index contributed by atoms with van der Waals surface area (Å²) >= 11 is 18.2. The first kappa shape index (κ1) is 52.2. The van der Waals surface area contributed by atoms with Crippen LogP contribution in [0.2, 0.25) is 15.6 Å². The molecule has 24 heteroatoms. The number of hydrogen-bond acceptors (Lipinski definition) is 16. The molecule has 362 valence electrons. The summed E-state index contributed by atoms with van der Waals surface area (Å²) in [6.07, 6.45) is 9.91. The molecular weight excluding hydrogens is 962 g/mol. The lowest BCUT2D eigenvalue weighted by Crippen LogP contribution is -2.44. The summed E-state index contributed by atoms with van der Waals surface area (Å²) in [5, 5.41) is 2.71. The van der Waals surface area contributed by atoms with E-state index in [1.165, 1.54) is 0 Å². The fourth-order valence-electron chi connectivity index (χ4n) is 7.30. The van der Waals surface area contributed by atoms with Gasteiger partial charge < -0.3 is 38.6 Å². The molecule has 0 aliphatic carbocycles. The normalized spacial score (nSPS) is 19.3. The maximum atomic E-state index is 12.3. The molecule has 0 aromatic carbocycles. The SMILES string of the molecule is C.CC1(C)OB(c2cc(Cl)nc3[nH]ccc23)OC1(C)C.C[C@@H]1COCCN1c1cc(N=S(C)(C)=O)nc(-c2cc(Cl)nc3[nH]ccc23)n1.C[C@@H]1COCCN1c1cc(N=S(C)(C)=O)nc(Cl)n1. The number of hydrogen-bond donors (Lipinski definition) is 2. The Labute approximate surface area is 408 Å². The van der Waals surface area contributed by atoms with Crippen molar-refractivity contribution in [1.82, 2.24) is 39.9 Å². The molecule has 0 amide bonds. The van der Waals surface area contributed by atoms with Gasteiger partial charge in [0.05, 0.1) is 49.7 Å². The molecule has 0 bridgehead atoms. The van der Waals surface area contributed by atoms with Gasteiger partial charge in [0, 0.05) is 98.4 Å². The van der Waals surface area contributed by atoms with Crippen molar-refractivity contribution >= 4 is 112 Å². The van der Waals surface area contributed by atoms with Crippen LogP contribution in [0, 0.1) is 0 Å². The van der Waals surface area contributed by atoms with Crippen LogP contribution in [-0.4, -0.2) is 143 Å². The summed E-state index contributed by atoms with van der Waals surface area (Å²) < 4.78 is 55.4. The second kappa shape index (κ2) is 20.8. The van der Waals surface area contributed by atoms with Crippen LogP contribution in [0.25, 0.3) is 33.5 Å². The third kappa shape index (κ3) is 12.9. The zero-order chi connectivity index (χ0) is 47.8. The number of aromatic amines is 2. The van der Waals surface area contributed by atoms with E-state index in [1.807, 2.05) is 46.0 Å². The number of ether oxygens (including phenoxy) is 2. The topological polar surface area (TPSA) is 211 Å². The van der Waals surface area contributed by atoms with E-state index >= 15 is 0 Å². The van der Waals surface area contributed by atoms with Crippen molar-refractivity contribution < 1.29 is 27.2 Å². The van der Waals surface area contributed by atoms with Crippen molar-refractivity contribution in [2.75, 3.05) is 74.3 Å². The average Bonchev–Trinajstić information content (AvgIpc) is 3.93. The zero-order valence-electron chi connectivity index (χ0n) is 38.5. The summed E-state index contributed by atoms with van der Waals surface area (Å²) in [5.41, 5.74) is 2.33. The highest BCUT2D eigenvalue weighted by Gasteiger charge is 2.52. The Morgan fingerprint density at radius 3 is 1.69 bits per heavy atom. The van der Waals surface area contributed by atoms with Crippen LogP contribution in [0.1, 0.15) is 49.0 Å². The Kier molecular flexibility index (Phi) is 16.2. The first-order valence-electron chi connectivity index (χ1n) is 21.0. The minimum atomic E-state index is -2.38. The van der Waals surface area contributed by atoms with Gasteiger partial charge in [-0.1, -0.05) is 30.6 Å². The lowest BCUT2D eigenvalue weighted by atomic mass is 9.78. The van der Waals surface area contributed by atoms with Gasteiger partial charge in [0.2, 0.25) is 5.28 Å². The van der Waals surface area contributed by atoms with Crippen LogP contribution in [0.15, 0.2) is 57.5 Å². The number of nitrogens with zero attached hydrogens (tertiary/aromatic N) is 10. The molecule has 0 saturated carbocycles. The van der Waals surface area contributed by atoms with Gasteiger partial charge in [0.15, 0.2) is 17.5 Å². The zero-order valence-corrected chi connectivity index (χ0v) is 42.4. The fourth-order valence-corrected chi connectivity index (χ4v) is 8.95. The molecule has 6 aromatic heterocycles. The highest BCUT2D eigenvalue weighted by Crippen LogP contribution is 2.37. The quantitative estimate of drug-likeness (QED) is 0.0917. The summed E-state index contributed by atoms with van der Waals surface area (Å²) in [7, 11) is -5.08. The molecule has 3 saturated heterocycles. The third-order valence-electron chi connectivity index (χ3n) is 11.1. The Morgan fingerprint density at radius 1 is 0.687 bits per heavy atom. The van der Waals surface area contributed by atoms with E-state index in [0.29, 0.717) is 72.2 Å². The number of halogens is 3. The summed E-state index contributed by atoms with van der Waals surface area (Å²) in [6.45, 7) is 16.2. The Bertz CT molecular complexity index is 2960. The van der Waals surface area contributed by atoms with Crippen molar-refractivity contribution in [2.45, 2.75) is 72.3 Å². The van der Waals surface area contributed by atoms with E-state index in [-0.39, 0.29) is 36.0 Å². The fraction of sp³-hybridized carbons (Fsp3) is 0.488. The van der Waals surface area contributed by atoms with Gasteiger partial charge >= 0.3 is 7.12 Å². The molecule has 0 radical (unpaired) electrons. The van der Waals surface area contributed by atoms with E-state index in [0.717, 1.165) is 39.8 Å². The van der Waals surface area contributed by atoms with E-state index in [9.17, 15) is 8.42 Å². The van der Waals surface area contributed by atoms with Crippen molar-refractivity contribution in [3.8, 4) is 11.4 Å². The molecule has 3 fully saturated rings. The van der Waals surface area contributed by atoms with Crippen molar-refractivity contribution in [3.63, 3.8) is 0 Å². The highest BCUT2D eigenvalue weighted by atomic mass is 35.5. The lowest BCUT2D eigenvalue weighted by molar-refractivity contribution is 0.00578. The largest absolute Gasteiger partial charge is 0.495 e. The number of anilines is 2. The van der Waals surface area contributed by atoms with Crippen LogP contribution in [0.5, 0.6) is 0 Å². The molecule has 2 atom stereocenters. The van der Waals surface area contributed by atoms with Gasteiger partial charge in [-0.25, -0.2) is 33.3 Å². The standard InChI is InChI=1S/C18H21ClN6O2S.C13H16BClN2O2.C11H17ClN4O2S.CH4/c1-11-10-27-7-6-25(11)16-9-15(24-28(2,3)26)22-18(23-16)13-8-14(19)21-17-12(13)4-5-20-17;1-12(2)13(3,4)19-14(18-12)9-7-10(15)17-11-8(9)5-6-16-11;1-8-7-18-5-4-16(8)10-6-9(13-11(12)14-10)15-19(2,3)17;/h4-5,8-9,11H,6-7,10H2,1-3H3,(H,20,21);5-7H,1-4H3,(H,16,17);6,8H,4-5,7H2,1-3H3;1H4/t11-;;8-;/m1.1./s1. The maximum absolute atomic E-state index is 12.3.